The monoisotopic (exact) mass is 174 g/mol. The molecule has 0 amide bonds. The smallest absolute Gasteiger partial charge is 0.0512 e. The molecule has 0 saturated heterocycles. The van der Waals surface area contributed by atoms with Crippen LogP contribution in [0.4, 0.5) is 0 Å². The lowest BCUT2D eigenvalue weighted by atomic mass is 10.0. The van der Waals surface area contributed by atoms with E-state index >= 15 is 0 Å². The predicted molar refractivity (Wildman–Crippen MR) is 51.4 cm³/mol. The van der Waals surface area contributed by atoms with E-state index in [0.29, 0.717) is 5.92 Å². The lowest BCUT2D eigenvalue weighted by Crippen LogP contribution is -2.14. The van der Waals surface area contributed by atoms with Gasteiger partial charge in [-0.2, -0.15) is 0 Å². The zero-order valence-corrected chi connectivity index (χ0v) is 8.64. The topological polar surface area (TPSA) is 18.5 Å². The van der Waals surface area contributed by atoms with Gasteiger partial charge in [0.05, 0.1) is 13.2 Å². The maximum absolute atomic E-state index is 5.11. The molecule has 12 heavy (non-hydrogen) atoms. The van der Waals surface area contributed by atoms with E-state index in [2.05, 4.69) is 6.92 Å². The first-order valence-corrected chi connectivity index (χ1v) is 4.83. The Hall–Kier alpha value is -0.0800. The molecule has 0 heterocycles. The van der Waals surface area contributed by atoms with Crippen molar-refractivity contribution in [3.8, 4) is 0 Å². The van der Waals surface area contributed by atoms with Gasteiger partial charge in [0.1, 0.15) is 0 Å². The average Bonchev–Trinajstić information content (AvgIpc) is 2.06. The van der Waals surface area contributed by atoms with E-state index in [0.717, 1.165) is 13.2 Å². The van der Waals surface area contributed by atoms with Crippen molar-refractivity contribution in [2.75, 3.05) is 27.4 Å². The fraction of sp³-hybridized carbons (Fsp3) is 1.00. The van der Waals surface area contributed by atoms with Gasteiger partial charge in [-0.15, -0.1) is 0 Å². The fourth-order valence-corrected chi connectivity index (χ4v) is 1.37. The highest BCUT2D eigenvalue weighted by Crippen LogP contribution is 2.10. The van der Waals surface area contributed by atoms with E-state index in [-0.39, 0.29) is 0 Å². The van der Waals surface area contributed by atoms with Crippen molar-refractivity contribution in [1.82, 2.24) is 0 Å². The molecule has 2 nitrogen and oxygen atoms in total. The highest BCUT2D eigenvalue weighted by molar-refractivity contribution is 4.56. The first-order chi connectivity index (χ1) is 5.85. The minimum absolute atomic E-state index is 0.589. The van der Waals surface area contributed by atoms with Gasteiger partial charge in [0.15, 0.2) is 0 Å². The second-order valence-corrected chi connectivity index (χ2v) is 3.27. The molecule has 0 radical (unpaired) electrons. The van der Waals surface area contributed by atoms with Gasteiger partial charge in [-0.1, -0.05) is 26.2 Å². The molecule has 0 saturated carbocycles. The number of methoxy groups -OCH3 is 2. The summed E-state index contributed by atoms with van der Waals surface area (Å²) in [7, 11) is 3.50. The highest BCUT2D eigenvalue weighted by atomic mass is 16.5. The van der Waals surface area contributed by atoms with Crippen molar-refractivity contribution in [3.63, 3.8) is 0 Å². The summed E-state index contributed by atoms with van der Waals surface area (Å²) in [5.41, 5.74) is 0. The lowest BCUT2D eigenvalue weighted by molar-refractivity contribution is 0.0792. The maximum atomic E-state index is 5.11. The molecule has 0 fully saturated rings. The largest absolute Gasteiger partial charge is 0.384 e. The average molecular weight is 174 g/mol. The van der Waals surface area contributed by atoms with E-state index in [1.165, 1.54) is 25.7 Å². The van der Waals surface area contributed by atoms with Crippen molar-refractivity contribution < 1.29 is 9.47 Å². The molecule has 0 aromatic heterocycles. The number of unbranched alkanes of at least 4 members (excludes halogenated alkanes) is 2. The Balaban J connectivity index is 3.34. The van der Waals surface area contributed by atoms with Crippen LogP contribution in [-0.4, -0.2) is 27.4 Å². The molecule has 0 unspecified atom stereocenters. The zero-order chi connectivity index (χ0) is 9.23. The highest BCUT2D eigenvalue weighted by Gasteiger charge is 2.06. The third kappa shape index (κ3) is 6.62. The van der Waals surface area contributed by atoms with Crippen LogP contribution in [-0.2, 0) is 9.47 Å². The van der Waals surface area contributed by atoms with Crippen LogP contribution in [0.5, 0.6) is 0 Å². The molecule has 0 rings (SSSR count). The lowest BCUT2D eigenvalue weighted by Gasteiger charge is -2.14. The van der Waals surface area contributed by atoms with Gasteiger partial charge in [0.2, 0.25) is 0 Å². The number of hydrogen-bond donors (Lipinski definition) is 0. The van der Waals surface area contributed by atoms with E-state index in [1.54, 1.807) is 14.2 Å². The summed E-state index contributed by atoms with van der Waals surface area (Å²) in [4.78, 5) is 0. The third-order valence-electron chi connectivity index (χ3n) is 2.02. The Bertz CT molecular complexity index is 77.9. The summed E-state index contributed by atoms with van der Waals surface area (Å²) in [6.07, 6.45) is 5.14. The van der Waals surface area contributed by atoms with Crippen molar-refractivity contribution in [3.05, 3.63) is 0 Å². The number of ether oxygens (including phenoxy) is 2. The van der Waals surface area contributed by atoms with Crippen LogP contribution < -0.4 is 0 Å². The van der Waals surface area contributed by atoms with Crippen molar-refractivity contribution in [1.29, 1.82) is 0 Å². The molecule has 0 aliphatic carbocycles. The Morgan fingerprint density at radius 2 is 1.58 bits per heavy atom. The summed E-state index contributed by atoms with van der Waals surface area (Å²) in [5, 5.41) is 0. The van der Waals surface area contributed by atoms with Crippen molar-refractivity contribution in [2.24, 2.45) is 5.92 Å². The van der Waals surface area contributed by atoms with Crippen molar-refractivity contribution in [2.45, 2.75) is 32.6 Å². The second kappa shape index (κ2) is 9.01. The molecular formula is C10H22O2. The van der Waals surface area contributed by atoms with Crippen LogP contribution in [0.2, 0.25) is 0 Å². The van der Waals surface area contributed by atoms with Crippen LogP contribution in [0.25, 0.3) is 0 Å². The molecule has 74 valence electrons. The molecule has 0 aliphatic heterocycles. The van der Waals surface area contributed by atoms with Crippen LogP contribution in [0.1, 0.15) is 32.6 Å². The molecule has 0 spiro atoms. The standard InChI is InChI=1S/C10H22O2/c1-4-5-6-7-10(8-11-2)9-12-3/h10H,4-9H2,1-3H3. The van der Waals surface area contributed by atoms with E-state index in [1.807, 2.05) is 0 Å². The number of hydrogen-bond acceptors (Lipinski definition) is 2. The first kappa shape index (κ1) is 11.9. The van der Waals surface area contributed by atoms with Crippen LogP contribution >= 0.6 is 0 Å². The van der Waals surface area contributed by atoms with E-state index in [9.17, 15) is 0 Å². The van der Waals surface area contributed by atoms with Gasteiger partial charge in [0, 0.05) is 20.1 Å². The van der Waals surface area contributed by atoms with Gasteiger partial charge >= 0.3 is 0 Å². The van der Waals surface area contributed by atoms with E-state index in [4.69, 9.17) is 9.47 Å². The third-order valence-corrected chi connectivity index (χ3v) is 2.02. The molecule has 0 N–H and O–H groups in total. The molecular weight excluding hydrogens is 152 g/mol. The normalized spacial score (nSPS) is 11.0. The Morgan fingerprint density at radius 1 is 1.00 bits per heavy atom. The maximum Gasteiger partial charge on any atom is 0.0512 e. The molecule has 2 heteroatoms. The van der Waals surface area contributed by atoms with Crippen LogP contribution in [0.15, 0.2) is 0 Å². The Kier molecular flexibility index (Phi) is 8.95. The summed E-state index contributed by atoms with van der Waals surface area (Å²) in [6, 6.07) is 0. The van der Waals surface area contributed by atoms with Gasteiger partial charge in [-0.25, -0.2) is 0 Å². The van der Waals surface area contributed by atoms with Crippen LogP contribution in [0.3, 0.4) is 0 Å². The van der Waals surface area contributed by atoms with Gasteiger partial charge in [-0.05, 0) is 6.42 Å². The summed E-state index contributed by atoms with van der Waals surface area (Å²) >= 11 is 0. The van der Waals surface area contributed by atoms with Gasteiger partial charge in [-0.3, -0.25) is 0 Å². The molecule has 0 atom stereocenters. The van der Waals surface area contributed by atoms with Gasteiger partial charge in [0.25, 0.3) is 0 Å². The first-order valence-electron chi connectivity index (χ1n) is 4.83. The fourth-order valence-electron chi connectivity index (χ4n) is 1.37. The second-order valence-electron chi connectivity index (χ2n) is 3.27. The Morgan fingerprint density at radius 3 is 2.00 bits per heavy atom. The Labute approximate surface area is 76.3 Å². The van der Waals surface area contributed by atoms with Gasteiger partial charge < -0.3 is 9.47 Å². The summed E-state index contributed by atoms with van der Waals surface area (Å²) in [5.74, 6) is 0.589. The zero-order valence-electron chi connectivity index (χ0n) is 8.64. The summed E-state index contributed by atoms with van der Waals surface area (Å²) < 4.78 is 10.2. The molecule has 0 aromatic carbocycles. The van der Waals surface area contributed by atoms with E-state index < -0.39 is 0 Å². The number of rotatable bonds is 8. The quantitative estimate of drug-likeness (QED) is 0.526. The minimum Gasteiger partial charge on any atom is -0.384 e. The molecule has 0 bridgehead atoms. The van der Waals surface area contributed by atoms with Crippen molar-refractivity contribution >= 4 is 0 Å². The minimum atomic E-state index is 0.589. The predicted octanol–water partition coefficient (Wildman–Crippen LogP) is 2.48. The molecule has 0 aliphatic rings. The van der Waals surface area contributed by atoms with Crippen LogP contribution in [0, 0.1) is 5.92 Å². The summed E-state index contributed by atoms with van der Waals surface area (Å²) in [6.45, 7) is 3.89. The molecule has 0 aromatic rings. The SMILES string of the molecule is CCCCCC(COC)COC.